The monoisotopic (exact) mass is 442 g/mol. The van der Waals surface area contributed by atoms with Gasteiger partial charge < -0.3 is 10.4 Å². The molecule has 0 aliphatic heterocycles. The first-order chi connectivity index (χ1) is 14.3. The molecule has 0 amide bonds. The number of aromatic hydroxyl groups is 1. The summed E-state index contributed by atoms with van der Waals surface area (Å²) in [5, 5.41) is 14.5. The third-order valence-electron chi connectivity index (χ3n) is 4.33. The summed E-state index contributed by atoms with van der Waals surface area (Å²) >= 11 is 6.03. The predicted molar refractivity (Wildman–Crippen MR) is 113 cm³/mol. The lowest BCUT2D eigenvalue weighted by atomic mass is 10.0. The molecular formula is C20H15ClN4O4S. The molecule has 0 unspecified atom stereocenters. The van der Waals surface area contributed by atoms with Gasteiger partial charge in [-0.3, -0.25) is 4.55 Å². The molecule has 0 atom stereocenters. The van der Waals surface area contributed by atoms with Gasteiger partial charge in [0.25, 0.3) is 10.1 Å². The van der Waals surface area contributed by atoms with Gasteiger partial charge in [-0.1, -0.05) is 30.3 Å². The van der Waals surface area contributed by atoms with Crippen LogP contribution in [-0.2, 0) is 16.5 Å². The molecule has 4 aromatic rings. The number of halogens is 1. The van der Waals surface area contributed by atoms with Gasteiger partial charge in [0.2, 0.25) is 11.2 Å². The zero-order valence-electron chi connectivity index (χ0n) is 15.3. The van der Waals surface area contributed by atoms with E-state index in [1.54, 1.807) is 18.2 Å². The van der Waals surface area contributed by atoms with Crippen molar-refractivity contribution in [2.24, 2.45) is 0 Å². The van der Waals surface area contributed by atoms with Gasteiger partial charge in [-0.25, -0.2) is 4.98 Å². The summed E-state index contributed by atoms with van der Waals surface area (Å²) in [4.78, 5) is 12.2. The van der Waals surface area contributed by atoms with E-state index in [2.05, 4.69) is 20.3 Å². The zero-order chi connectivity index (χ0) is 21.3. The van der Waals surface area contributed by atoms with Gasteiger partial charge in [-0.05, 0) is 52.9 Å². The molecule has 3 aromatic carbocycles. The van der Waals surface area contributed by atoms with Gasteiger partial charge in [0.05, 0.1) is 4.90 Å². The molecule has 0 aliphatic rings. The van der Waals surface area contributed by atoms with Crippen LogP contribution in [0.25, 0.3) is 10.8 Å². The lowest BCUT2D eigenvalue weighted by Gasteiger charge is -2.09. The second-order valence-electron chi connectivity index (χ2n) is 6.48. The molecule has 10 heteroatoms. The highest BCUT2D eigenvalue weighted by molar-refractivity contribution is 7.85. The largest absolute Gasteiger partial charge is 0.507 e. The number of phenols is 1. The van der Waals surface area contributed by atoms with Gasteiger partial charge >= 0.3 is 0 Å². The zero-order valence-corrected chi connectivity index (χ0v) is 16.9. The number of nitrogens with zero attached hydrogens (tertiary/aromatic N) is 3. The third kappa shape index (κ3) is 4.48. The van der Waals surface area contributed by atoms with Crippen molar-refractivity contribution in [2.75, 3.05) is 5.32 Å². The van der Waals surface area contributed by atoms with Crippen LogP contribution in [0.2, 0.25) is 5.28 Å². The standard InChI is InChI=1S/C20H15ClN4O4S/c21-19-23-18(10-12-7-8-13-3-1-6-17(26)16(13)9-12)24-20(25-19)22-14-4-2-5-15(11-14)30(27,28)29/h1-9,11,26H,10H2,(H,27,28,29)(H,22,23,24,25). The number of hydrogen-bond acceptors (Lipinski definition) is 7. The first-order valence-corrected chi connectivity index (χ1v) is 10.6. The van der Waals surface area contributed by atoms with Crippen molar-refractivity contribution in [1.29, 1.82) is 0 Å². The smallest absolute Gasteiger partial charge is 0.294 e. The summed E-state index contributed by atoms with van der Waals surface area (Å²) in [7, 11) is -4.34. The van der Waals surface area contributed by atoms with Crippen molar-refractivity contribution in [3.8, 4) is 5.75 Å². The summed E-state index contributed by atoms with van der Waals surface area (Å²) in [6.45, 7) is 0. The Kier molecular flexibility index (Phi) is 5.25. The summed E-state index contributed by atoms with van der Waals surface area (Å²) in [5.41, 5.74) is 1.22. The Balaban J connectivity index is 1.62. The molecule has 30 heavy (non-hydrogen) atoms. The van der Waals surface area contributed by atoms with E-state index < -0.39 is 10.1 Å². The maximum absolute atomic E-state index is 11.3. The molecule has 0 fully saturated rings. The second kappa shape index (κ2) is 7.86. The molecule has 1 aromatic heterocycles. The summed E-state index contributed by atoms with van der Waals surface area (Å²) in [5.74, 6) is 0.698. The van der Waals surface area contributed by atoms with Crippen molar-refractivity contribution < 1.29 is 18.1 Å². The lowest BCUT2D eigenvalue weighted by Crippen LogP contribution is -2.05. The van der Waals surface area contributed by atoms with Crippen molar-refractivity contribution in [2.45, 2.75) is 11.3 Å². The molecule has 0 saturated carbocycles. The fraction of sp³-hybridized carbons (Fsp3) is 0.0500. The number of rotatable bonds is 5. The minimum Gasteiger partial charge on any atom is -0.507 e. The SMILES string of the molecule is O=S(=O)(O)c1cccc(Nc2nc(Cl)nc(Cc3ccc4cccc(O)c4c3)n2)c1. The predicted octanol–water partition coefficient (Wildman–Crippen LogP) is 3.96. The molecular weight excluding hydrogens is 428 g/mol. The van der Waals surface area contributed by atoms with E-state index >= 15 is 0 Å². The molecule has 1 heterocycles. The van der Waals surface area contributed by atoms with Crippen LogP contribution in [0.15, 0.2) is 65.6 Å². The first kappa shape index (κ1) is 20.0. The Labute approximate surface area is 177 Å². The van der Waals surface area contributed by atoms with E-state index in [4.69, 9.17) is 11.6 Å². The number of phenolic OH excluding ortho intramolecular Hbond substituents is 1. The third-order valence-corrected chi connectivity index (χ3v) is 5.35. The van der Waals surface area contributed by atoms with Gasteiger partial charge in [0, 0.05) is 17.5 Å². The molecule has 3 N–H and O–H groups in total. The minimum atomic E-state index is -4.34. The molecule has 0 bridgehead atoms. The molecule has 4 rings (SSSR count). The van der Waals surface area contributed by atoms with Crippen molar-refractivity contribution in [3.63, 3.8) is 0 Å². The maximum Gasteiger partial charge on any atom is 0.294 e. The Morgan fingerprint density at radius 3 is 2.57 bits per heavy atom. The van der Waals surface area contributed by atoms with Crippen molar-refractivity contribution in [3.05, 3.63) is 77.3 Å². The van der Waals surface area contributed by atoms with Gasteiger partial charge in [-0.15, -0.1) is 0 Å². The number of benzene rings is 3. The number of nitrogens with one attached hydrogen (secondary N) is 1. The second-order valence-corrected chi connectivity index (χ2v) is 8.24. The number of hydrogen-bond donors (Lipinski definition) is 3. The van der Waals surface area contributed by atoms with Crippen LogP contribution in [0.4, 0.5) is 11.6 Å². The van der Waals surface area contributed by atoms with E-state index in [1.165, 1.54) is 18.2 Å². The molecule has 0 aliphatic carbocycles. The van der Waals surface area contributed by atoms with Gasteiger partial charge in [0.1, 0.15) is 11.6 Å². The van der Waals surface area contributed by atoms with Gasteiger partial charge in [-0.2, -0.15) is 18.4 Å². The molecule has 0 radical (unpaired) electrons. The Morgan fingerprint density at radius 2 is 1.77 bits per heavy atom. The summed E-state index contributed by atoms with van der Waals surface area (Å²) in [6.07, 6.45) is 0.340. The highest BCUT2D eigenvalue weighted by Crippen LogP contribution is 2.26. The first-order valence-electron chi connectivity index (χ1n) is 8.73. The van der Waals surface area contributed by atoms with Crippen LogP contribution >= 0.6 is 11.6 Å². The van der Waals surface area contributed by atoms with Crippen LogP contribution in [-0.4, -0.2) is 33.0 Å². The Morgan fingerprint density at radius 1 is 0.967 bits per heavy atom. The quantitative estimate of drug-likeness (QED) is 0.396. The van der Waals surface area contributed by atoms with E-state index in [-0.39, 0.29) is 21.9 Å². The topological polar surface area (TPSA) is 125 Å². The highest BCUT2D eigenvalue weighted by atomic mass is 35.5. The fourth-order valence-electron chi connectivity index (χ4n) is 2.99. The molecule has 8 nitrogen and oxygen atoms in total. The Hall–Kier alpha value is -3.27. The van der Waals surface area contributed by atoms with E-state index in [1.807, 2.05) is 24.3 Å². The minimum absolute atomic E-state index is 0.0305. The Bertz CT molecular complexity index is 1360. The van der Waals surface area contributed by atoms with Crippen LogP contribution in [0.3, 0.4) is 0 Å². The van der Waals surface area contributed by atoms with Crippen LogP contribution in [0.1, 0.15) is 11.4 Å². The molecule has 152 valence electrons. The summed E-state index contributed by atoms with van der Waals surface area (Å²) in [6, 6.07) is 16.5. The van der Waals surface area contributed by atoms with Crippen molar-refractivity contribution >= 4 is 44.1 Å². The van der Waals surface area contributed by atoms with E-state index in [0.717, 1.165) is 16.3 Å². The molecule has 0 spiro atoms. The normalized spacial score (nSPS) is 11.5. The average molecular weight is 443 g/mol. The lowest BCUT2D eigenvalue weighted by molar-refractivity contribution is 0.481. The van der Waals surface area contributed by atoms with Crippen molar-refractivity contribution in [1.82, 2.24) is 15.0 Å². The highest BCUT2D eigenvalue weighted by Gasteiger charge is 2.12. The maximum atomic E-state index is 11.3. The average Bonchev–Trinajstić information content (AvgIpc) is 2.68. The number of fused-ring (bicyclic) bond motifs is 1. The summed E-state index contributed by atoms with van der Waals surface area (Å²) < 4.78 is 31.8. The van der Waals surface area contributed by atoms with Crippen LogP contribution < -0.4 is 5.32 Å². The fourth-order valence-corrected chi connectivity index (χ4v) is 3.69. The van der Waals surface area contributed by atoms with Crippen LogP contribution in [0, 0.1) is 0 Å². The molecule has 0 saturated heterocycles. The number of anilines is 2. The van der Waals surface area contributed by atoms with Gasteiger partial charge in [0.15, 0.2) is 0 Å². The number of aromatic nitrogens is 3. The van der Waals surface area contributed by atoms with E-state index in [0.29, 0.717) is 17.9 Å². The van der Waals surface area contributed by atoms with Crippen LogP contribution in [0.5, 0.6) is 5.75 Å². The van der Waals surface area contributed by atoms with E-state index in [9.17, 15) is 18.1 Å².